The van der Waals surface area contributed by atoms with Gasteiger partial charge in [0.1, 0.15) is 0 Å². The van der Waals surface area contributed by atoms with Crippen molar-refractivity contribution in [2.45, 2.75) is 25.1 Å². The van der Waals surface area contributed by atoms with Crippen LogP contribution in [-0.2, 0) is 6.54 Å². The van der Waals surface area contributed by atoms with Gasteiger partial charge in [0.25, 0.3) is 0 Å². The van der Waals surface area contributed by atoms with Crippen LogP contribution in [0.2, 0.25) is 0 Å². The topological polar surface area (TPSA) is 55.0 Å². The maximum Gasteiger partial charge on any atom is 0.151 e. The molecule has 2 rings (SSSR count). The monoisotopic (exact) mass is 238 g/mol. The zero-order chi connectivity index (χ0) is 11.6. The summed E-state index contributed by atoms with van der Waals surface area (Å²) in [7, 11) is 0. The van der Waals surface area contributed by atoms with E-state index in [-0.39, 0.29) is 0 Å². The Morgan fingerprint density at radius 2 is 2.25 bits per heavy atom. The molecule has 2 N–H and O–H groups in total. The molecule has 88 valence electrons. The Labute approximate surface area is 101 Å². The third kappa shape index (κ3) is 2.65. The molecule has 0 bridgehead atoms. The summed E-state index contributed by atoms with van der Waals surface area (Å²) >= 11 is 2.02. The number of hydrogen-bond acceptors (Lipinski definition) is 5. The van der Waals surface area contributed by atoms with Crippen LogP contribution in [0.25, 0.3) is 0 Å². The second-order valence-corrected chi connectivity index (χ2v) is 6.42. The van der Waals surface area contributed by atoms with Crippen LogP contribution in [0, 0.1) is 0 Å². The normalized spacial score (nSPS) is 19.8. The Hall–Kier alpha value is -0.810. The summed E-state index contributed by atoms with van der Waals surface area (Å²) in [6.45, 7) is 7.06. The van der Waals surface area contributed by atoms with Gasteiger partial charge in [0, 0.05) is 30.1 Å². The lowest BCUT2D eigenvalue weighted by Gasteiger charge is -2.37. The van der Waals surface area contributed by atoms with Crippen LogP contribution >= 0.6 is 11.8 Å². The third-order valence-electron chi connectivity index (χ3n) is 2.66. The maximum atomic E-state index is 5.50. The molecule has 0 aromatic carbocycles. The fourth-order valence-corrected chi connectivity index (χ4v) is 2.95. The molecule has 0 saturated carbocycles. The maximum absolute atomic E-state index is 5.50. The van der Waals surface area contributed by atoms with E-state index in [2.05, 4.69) is 28.9 Å². The SMILES string of the molecule is CC1(C)CN(c2ccc(CN)nn2)CCS1. The fourth-order valence-electron chi connectivity index (χ4n) is 1.84. The largest absolute Gasteiger partial charge is 0.353 e. The number of nitrogens with zero attached hydrogens (tertiary/aromatic N) is 3. The number of nitrogens with two attached hydrogens (primary N) is 1. The van der Waals surface area contributed by atoms with Crippen molar-refractivity contribution in [3.05, 3.63) is 17.8 Å². The second kappa shape index (κ2) is 4.59. The van der Waals surface area contributed by atoms with Crippen LogP contribution in [0.3, 0.4) is 0 Å². The smallest absolute Gasteiger partial charge is 0.151 e. The minimum absolute atomic E-state index is 0.298. The number of hydrogen-bond donors (Lipinski definition) is 1. The van der Waals surface area contributed by atoms with E-state index in [1.165, 1.54) is 0 Å². The fraction of sp³-hybridized carbons (Fsp3) is 0.636. The summed E-state index contributed by atoms with van der Waals surface area (Å²) in [6.07, 6.45) is 0. The van der Waals surface area contributed by atoms with E-state index in [0.29, 0.717) is 11.3 Å². The van der Waals surface area contributed by atoms with Gasteiger partial charge < -0.3 is 10.6 Å². The molecule has 1 aliphatic rings. The van der Waals surface area contributed by atoms with Crippen molar-refractivity contribution >= 4 is 17.6 Å². The highest BCUT2D eigenvalue weighted by atomic mass is 32.2. The minimum atomic E-state index is 0.298. The first-order valence-corrected chi connectivity index (χ1v) is 6.51. The Kier molecular flexibility index (Phi) is 3.35. The van der Waals surface area contributed by atoms with Gasteiger partial charge >= 0.3 is 0 Å². The highest BCUT2D eigenvalue weighted by Crippen LogP contribution is 2.31. The van der Waals surface area contributed by atoms with Crippen LogP contribution in [0.15, 0.2) is 12.1 Å². The molecule has 0 aliphatic carbocycles. The van der Waals surface area contributed by atoms with Gasteiger partial charge in [0.2, 0.25) is 0 Å². The van der Waals surface area contributed by atoms with E-state index < -0.39 is 0 Å². The summed E-state index contributed by atoms with van der Waals surface area (Å²) in [5.74, 6) is 2.11. The summed E-state index contributed by atoms with van der Waals surface area (Å²) in [5.41, 5.74) is 6.34. The van der Waals surface area contributed by atoms with Crippen molar-refractivity contribution in [2.75, 3.05) is 23.7 Å². The first-order valence-electron chi connectivity index (χ1n) is 5.52. The zero-order valence-electron chi connectivity index (χ0n) is 9.81. The molecular weight excluding hydrogens is 220 g/mol. The first kappa shape index (κ1) is 11.7. The number of aromatic nitrogens is 2. The summed E-state index contributed by atoms with van der Waals surface area (Å²) < 4.78 is 0.298. The molecular formula is C11H18N4S. The molecule has 0 unspecified atom stereocenters. The molecule has 1 aromatic rings. The zero-order valence-corrected chi connectivity index (χ0v) is 10.6. The van der Waals surface area contributed by atoms with Crippen molar-refractivity contribution in [3.63, 3.8) is 0 Å². The number of rotatable bonds is 2. The van der Waals surface area contributed by atoms with E-state index in [0.717, 1.165) is 30.4 Å². The molecule has 0 atom stereocenters. The van der Waals surface area contributed by atoms with Gasteiger partial charge in [-0.3, -0.25) is 0 Å². The van der Waals surface area contributed by atoms with E-state index in [4.69, 9.17) is 5.73 Å². The lowest BCUT2D eigenvalue weighted by atomic mass is 10.2. The molecule has 0 spiro atoms. The van der Waals surface area contributed by atoms with Crippen LogP contribution in [0.1, 0.15) is 19.5 Å². The lowest BCUT2D eigenvalue weighted by Crippen LogP contribution is -2.43. The van der Waals surface area contributed by atoms with E-state index >= 15 is 0 Å². The minimum Gasteiger partial charge on any atom is -0.353 e. The molecule has 2 heterocycles. The third-order valence-corrected chi connectivity index (χ3v) is 3.96. The predicted molar refractivity (Wildman–Crippen MR) is 68.7 cm³/mol. The van der Waals surface area contributed by atoms with Crippen molar-refractivity contribution in [1.29, 1.82) is 0 Å². The second-order valence-electron chi connectivity index (χ2n) is 4.62. The molecule has 1 fully saturated rings. The van der Waals surface area contributed by atoms with Gasteiger partial charge in [0.15, 0.2) is 5.82 Å². The predicted octanol–water partition coefficient (Wildman–Crippen LogP) is 1.27. The van der Waals surface area contributed by atoms with E-state index in [9.17, 15) is 0 Å². The quantitative estimate of drug-likeness (QED) is 0.841. The average Bonchev–Trinajstić information content (AvgIpc) is 2.28. The summed E-state index contributed by atoms with van der Waals surface area (Å²) in [6, 6.07) is 3.97. The van der Waals surface area contributed by atoms with Gasteiger partial charge in [-0.05, 0) is 26.0 Å². The van der Waals surface area contributed by atoms with Crippen molar-refractivity contribution in [1.82, 2.24) is 10.2 Å². The van der Waals surface area contributed by atoms with Crippen LogP contribution in [-0.4, -0.2) is 33.8 Å². The van der Waals surface area contributed by atoms with Gasteiger partial charge in [-0.2, -0.15) is 16.9 Å². The molecule has 4 nitrogen and oxygen atoms in total. The molecule has 0 amide bonds. The summed E-state index contributed by atoms with van der Waals surface area (Å²) in [4.78, 5) is 2.30. The van der Waals surface area contributed by atoms with Gasteiger partial charge in [-0.25, -0.2) is 0 Å². The summed E-state index contributed by atoms with van der Waals surface area (Å²) in [5, 5.41) is 8.32. The van der Waals surface area contributed by atoms with Crippen LogP contribution in [0.4, 0.5) is 5.82 Å². The Balaban J connectivity index is 2.11. The molecule has 0 radical (unpaired) electrons. The molecule has 1 aromatic heterocycles. The average molecular weight is 238 g/mol. The highest BCUT2D eigenvalue weighted by Gasteiger charge is 2.27. The number of thioether (sulfide) groups is 1. The molecule has 16 heavy (non-hydrogen) atoms. The van der Waals surface area contributed by atoms with E-state index in [1.54, 1.807) is 0 Å². The molecule has 5 heteroatoms. The lowest BCUT2D eigenvalue weighted by molar-refractivity contribution is 0.638. The van der Waals surface area contributed by atoms with Crippen molar-refractivity contribution in [3.8, 4) is 0 Å². The van der Waals surface area contributed by atoms with Crippen LogP contribution < -0.4 is 10.6 Å². The number of anilines is 1. The molecule has 1 aliphatic heterocycles. The van der Waals surface area contributed by atoms with E-state index in [1.807, 2.05) is 23.9 Å². The van der Waals surface area contributed by atoms with Gasteiger partial charge in [0.05, 0.1) is 5.69 Å². The van der Waals surface area contributed by atoms with Crippen LogP contribution in [0.5, 0.6) is 0 Å². The first-order chi connectivity index (χ1) is 7.61. The molecule has 1 saturated heterocycles. The Morgan fingerprint density at radius 1 is 1.44 bits per heavy atom. The standard InChI is InChI=1S/C11H18N4S/c1-11(2)8-15(5-6-16-11)10-4-3-9(7-12)13-14-10/h3-4H,5-8,12H2,1-2H3. The Morgan fingerprint density at radius 3 is 2.81 bits per heavy atom. The van der Waals surface area contributed by atoms with Crippen molar-refractivity contribution < 1.29 is 0 Å². The highest BCUT2D eigenvalue weighted by molar-refractivity contribution is 8.00. The van der Waals surface area contributed by atoms with Gasteiger partial charge in [-0.1, -0.05) is 0 Å². The van der Waals surface area contributed by atoms with Gasteiger partial charge in [-0.15, -0.1) is 5.10 Å². The van der Waals surface area contributed by atoms with Crippen molar-refractivity contribution in [2.24, 2.45) is 5.73 Å². The Bertz CT molecular complexity index is 350.